The Bertz CT molecular complexity index is 235. The van der Waals surface area contributed by atoms with Crippen LogP contribution >= 0.6 is 27.7 Å². The summed E-state index contributed by atoms with van der Waals surface area (Å²) in [6, 6.07) is 0. The van der Waals surface area contributed by atoms with Gasteiger partial charge in [0.1, 0.15) is 5.25 Å². The molecule has 7 heteroatoms. The predicted octanol–water partition coefficient (Wildman–Crippen LogP) is 0.649. The van der Waals surface area contributed by atoms with Crippen LogP contribution in [0.2, 0.25) is 0 Å². The number of carboxylic acid groups (broad SMARTS) is 2. The molecule has 0 radical (unpaired) electrons. The monoisotopic (exact) mass is 300 g/mol. The topological polar surface area (TPSA) is 94.8 Å². The molecule has 0 aliphatic rings. The van der Waals surface area contributed by atoms with Crippen molar-refractivity contribution in [3.05, 3.63) is 0 Å². The van der Waals surface area contributed by atoms with Crippen molar-refractivity contribution >= 4 is 39.6 Å². The zero-order valence-corrected chi connectivity index (χ0v) is 10.5. The first kappa shape index (κ1) is 14.7. The summed E-state index contributed by atoms with van der Waals surface area (Å²) in [6.07, 6.45) is -0.669. The summed E-state index contributed by atoms with van der Waals surface area (Å²) < 4.78 is 0. The molecule has 15 heavy (non-hydrogen) atoms. The van der Waals surface area contributed by atoms with Crippen LogP contribution in [-0.4, -0.2) is 49.7 Å². The summed E-state index contributed by atoms with van der Waals surface area (Å²) in [5.41, 5.74) is 0. The number of aliphatic carboxylic acids is 2. The number of aliphatic hydroxyl groups excluding tert-OH is 1. The Morgan fingerprint density at radius 2 is 1.87 bits per heavy atom. The lowest BCUT2D eigenvalue weighted by Crippen LogP contribution is -2.31. The van der Waals surface area contributed by atoms with E-state index in [1.807, 2.05) is 0 Å². The molecule has 0 aliphatic carbocycles. The number of rotatable bonds is 7. The maximum atomic E-state index is 10.8. The Balaban J connectivity index is 4.29. The molecular weight excluding hydrogens is 288 g/mol. The summed E-state index contributed by atoms with van der Waals surface area (Å²) >= 11 is 3.98. The Morgan fingerprint density at radius 3 is 2.20 bits per heavy atom. The first-order valence-corrected chi connectivity index (χ1v) is 6.38. The highest BCUT2D eigenvalue weighted by Gasteiger charge is 2.30. The first-order chi connectivity index (χ1) is 6.90. The van der Waals surface area contributed by atoms with Gasteiger partial charge in [0, 0.05) is 11.1 Å². The maximum Gasteiger partial charge on any atom is 0.317 e. The van der Waals surface area contributed by atoms with E-state index in [0.717, 1.165) is 11.8 Å². The first-order valence-electron chi connectivity index (χ1n) is 4.21. The SMILES string of the molecule is CC(C(=O)O)C(SCC(O)CBr)C(=O)O. The van der Waals surface area contributed by atoms with Crippen LogP contribution in [0.1, 0.15) is 6.92 Å². The van der Waals surface area contributed by atoms with Gasteiger partial charge in [-0.15, -0.1) is 11.8 Å². The van der Waals surface area contributed by atoms with Gasteiger partial charge in [-0.3, -0.25) is 9.59 Å². The van der Waals surface area contributed by atoms with Gasteiger partial charge < -0.3 is 15.3 Å². The normalized spacial score (nSPS) is 16.7. The molecular formula is C8H13BrO5S. The van der Waals surface area contributed by atoms with E-state index in [9.17, 15) is 14.7 Å². The van der Waals surface area contributed by atoms with Crippen molar-refractivity contribution in [1.29, 1.82) is 0 Å². The Hall–Kier alpha value is -0.270. The summed E-state index contributed by atoms with van der Waals surface area (Å²) in [5, 5.41) is 26.0. The standard InChI is InChI=1S/C8H13BrO5S/c1-4(7(11)12)6(8(13)14)15-3-5(10)2-9/h4-6,10H,2-3H2,1H3,(H,11,12)(H,13,14). The fourth-order valence-electron chi connectivity index (χ4n) is 0.818. The largest absolute Gasteiger partial charge is 0.481 e. The van der Waals surface area contributed by atoms with Gasteiger partial charge in [0.25, 0.3) is 0 Å². The van der Waals surface area contributed by atoms with Crippen LogP contribution in [0, 0.1) is 5.92 Å². The quantitative estimate of drug-likeness (QED) is 0.598. The minimum Gasteiger partial charge on any atom is -0.481 e. The predicted molar refractivity (Wildman–Crippen MR) is 60.5 cm³/mol. The van der Waals surface area contributed by atoms with Gasteiger partial charge in [-0.1, -0.05) is 22.9 Å². The Labute approximate surface area is 100.0 Å². The van der Waals surface area contributed by atoms with Crippen molar-refractivity contribution in [2.45, 2.75) is 18.3 Å². The minimum absolute atomic E-state index is 0.194. The second-order valence-electron chi connectivity index (χ2n) is 3.03. The molecule has 0 bridgehead atoms. The molecule has 0 aromatic rings. The van der Waals surface area contributed by atoms with Gasteiger partial charge >= 0.3 is 11.9 Å². The average Bonchev–Trinajstić information content (AvgIpc) is 2.16. The second kappa shape index (κ2) is 7.08. The third-order valence-corrected chi connectivity index (χ3v) is 4.03. The van der Waals surface area contributed by atoms with E-state index in [-0.39, 0.29) is 5.75 Å². The van der Waals surface area contributed by atoms with Crippen LogP contribution < -0.4 is 0 Å². The van der Waals surface area contributed by atoms with Crippen LogP contribution in [0.5, 0.6) is 0 Å². The van der Waals surface area contributed by atoms with Crippen LogP contribution in [0.4, 0.5) is 0 Å². The molecule has 88 valence electrons. The third-order valence-electron chi connectivity index (χ3n) is 1.73. The van der Waals surface area contributed by atoms with Crippen LogP contribution in [0.3, 0.4) is 0 Å². The highest BCUT2D eigenvalue weighted by atomic mass is 79.9. The molecule has 0 fully saturated rings. The van der Waals surface area contributed by atoms with Crippen LogP contribution in [0.25, 0.3) is 0 Å². The number of thioether (sulfide) groups is 1. The summed E-state index contributed by atoms with van der Waals surface area (Å²) in [6.45, 7) is 1.34. The lowest BCUT2D eigenvalue weighted by Gasteiger charge is -2.17. The molecule has 0 aromatic carbocycles. The summed E-state index contributed by atoms with van der Waals surface area (Å²) in [4.78, 5) is 21.4. The molecule has 0 amide bonds. The van der Waals surface area contributed by atoms with E-state index in [0.29, 0.717) is 5.33 Å². The highest BCUT2D eigenvalue weighted by molar-refractivity contribution is 9.09. The minimum atomic E-state index is -1.17. The zero-order chi connectivity index (χ0) is 12.0. The lowest BCUT2D eigenvalue weighted by atomic mass is 10.1. The Kier molecular flexibility index (Phi) is 6.95. The smallest absolute Gasteiger partial charge is 0.317 e. The second-order valence-corrected chi connectivity index (χ2v) is 4.85. The van der Waals surface area contributed by atoms with Gasteiger partial charge in [-0.05, 0) is 0 Å². The van der Waals surface area contributed by atoms with Crippen molar-refractivity contribution in [3.63, 3.8) is 0 Å². The number of alkyl halides is 1. The van der Waals surface area contributed by atoms with Crippen LogP contribution in [-0.2, 0) is 9.59 Å². The molecule has 3 atom stereocenters. The molecule has 0 saturated heterocycles. The van der Waals surface area contributed by atoms with E-state index in [1.54, 1.807) is 0 Å². The third kappa shape index (κ3) is 5.39. The van der Waals surface area contributed by atoms with E-state index < -0.39 is 29.2 Å². The molecule has 0 saturated carbocycles. The fraction of sp³-hybridized carbons (Fsp3) is 0.750. The van der Waals surface area contributed by atoms with E-state index in [2.05, 4.69) is 15.9 Å². The molecule has 5 nitrogen and oxygen atoms in total. The molecule has 0 rings (SSSR count). The van der Waals surface area contributed by atoms with E-state index in [4.69, 9.17) is 10.2 Å². The van der Waals surface area contributed by atoms with E-state index >= 15 is 0 Å². The lowest BCUT2D eigenvalue weighted by molar-refractivity contribution is -0.146. The van der Waals surface area contributed by atoms with Crippen LogP contribution in [0.15, 0.2) is 0 Å². The molecule has 0 spiro atoms. The number of carboxylic acids is 2. The molecule has 0 heterocycles. The number of hydrogen-bond donors (Lipinski definition) is 3. The average molecular weight is 301 g/mol. The fourth-order valence-corrected chi connectivity index (χ4v) is 2.45. The number of aliphatic hydroxyl groups is 1. The van der Waals surface area contributed by atoms with Gasteiger partial charge in [-0.2, -0.15) is 0 Å². The Morgan fingerprint density at radius 1 is 1.33 bits per heavy atom. The van der Waals surface area contributed by atoms with Gasteiger partial charge in [-0.25, -0.2) is 0 Å². The molecule has 0 aliphatic heterocycles. The van der Waals surface area contributed by atoms with E-state index in [1.165, 1.54) is 6.92 Å². The number of hydrogen-bond acceptors (Lipinski definition) is 4. The van der Waals surface area contributed by atoms with Crippen molar-refractivity contribution < 1.29 is 24.9 Å². The van der Waals surface area contributed by atoms with Crippen molar-refractivity contribution in [2.24, 2.45) is 5.92 Å². The summed E-state index contributed by atoms with van der Waals surface area (Å²) in [7, 11) is 0. The maximum absolute atomic E-state index is 10.8. The van der Waals surface area contributed by atoms with Gasteiger partial charge in [0.15, 0.2) is 0 Å². The molecule has 0 aromatic heterocycles. The molecule has 3 unspecified atom stereocenters. The zero-order valence-electron chi connectivity index (χ0n) is 8.09. The number of carbonyl (C=O) groups is 2. The van der Waals surface area contributed by atoms with Gasteiger partial charge in [0.05, 0.1) is 12.0 Å². The van der Waals surface area contributed by atoms with Crippen molar-refractivity contribution in [1.82, 2.24) is 0 Å². The van der Waals surface area contributed by atoms with Crippen molar-refractivity contribution in [3.8, 4) is 0 Å². The van der Waals surface area contributed by atoms with Gasteiger partial charge in [0.2, 0.25) is 0 Å². The molecule has 3 N–H and O–H groups in total. The summed E-state index contributed by atoms with van der Waals surface area (Å²) in [5.74, 6) is -3.10. The highest BCUT2D eigenvalue weighted by Crippen LogP contribution is 2.21. The van der Waals surface area contributed by atoms with Crippen molar-refractivity contribution in [2.75, 3.05) is 11.1 Å². The number of halogens is 1.